The van der Waals surface area contributed by atoms with Gasteiger partial charge in [0.1, 0.15) is 0 Å². The Morgan fingerprint density at radius 3 is 2.08 bits per heavy atom. The second-order valence-corrected chi connectivity index (χ2v) is 9.03. The zero-order valence-corrected chi connectivity index (χ0v) is 20.7. The van der Waals surface area contributed by atoms with Gasteiger partial charge in [-0.1, -0.05) is 41.4 Å². The number of carbonyl (C=O) groups is 1. The van der Waals surface area contributed by atoms with Crippen LogP contribution in [0.3, 0.4) is 0 Å². The zero-order valence-electron chi connectivity index (χ0n) is 19.1. The van der Waals surface area contributed by atoms with Gasteiger partial charge >= 0.3 is 18.4 Å². The van der Waals surface area contributed by atoms with Crippen molar-refractivity contribution in [2.75, 3.05) is 5.32 Å². The molecule has 0 bridgehead atoms. The van der Waals surface area contributed by atoms with E-state index in [1.807, 2.05) is 0 Å². The predicted octanol–water partition coefficient (Wildman–Crippen LogP) is 8.25. The number of fused-ring (bicyclic) bond motifs is 1. The van der Waals surface area contributed by atoms with Gasteiger partial charge in [0.25, 0.3) is 0 Å². The maximum absolute atomic E-state index is 13.4. The summed E-state index contributed by atoms with van der Waals surface area (Å²) in [5.41, 5.74) is 1.94. The number of halogens is 8. The number of hydrazine groups is 1. The van der Waals surface area contributed by atoms with Crippen LogP contribution in [0.25, 0.3) is 10.9 Å². The molecule has 2 amide bonds. The van der Waals surface area contributed by atoms with Gasteiger partial charge < -0.3 is 10.3 Å². The number of aromatic amines is 1. The molecule has 5 nitrogen and oxygen atoms in total. The molecule has 38 heavy (non-hydrogen) atoms. The van der Waals surface area contributed by atoms with Gasteiger partial charge in [0.2, 0.25) is 0 Å². The molecule has 4 rings (SSSR count). The van der Waals surface area contributed by atoms with Gasteiger partial charge in [0.05, 0.1) is 33.4 Å². The maximum atomic E-state index is 13.4. The Morgan fingerprint density at radius 2 is 1.45 bits per heavy atom. The van der Waals surface area contributed by atoms with Gasteiger partial charge in [-0.2, -0.15) is 26.3 Å². The van der Waals surface area contributed by atoms with Crippen LogP contribution in [0, 0.1) is 0 Å². The summed E-state index contributed by atoms with van der Waals surface area (Å²) in [6.45, 7) is -0.628. The molecule has 0 aliphatic heterocycles. The fourth-order valence-corrected chi connectivity index (χ4v) is 4.18. The van der Waals surface area contributed by atoms with E-state index in [0.29, 0.717) is 11.1 Å². The molecule has 0 aliphatic carbocycles. The number of rotatable bonds is 6. The molecule has 3 N–H and O–H groups in total. The monoisotopic (exact) mass is 574 g/mol. The van der Waals surface area contributed by atoms with Gasteiger partial charge in [0.15, 0.2) is 0 Å². The Balaban J connectivity index is 1.62. The first-order valence-corrected chi connectivity index (χ1v) is 11.7. The third-order valence-electron chi connectivity index (χ3n) is 5.57. The SMILES string of the molecule is O=C(Nc1cccc2[nH]ccc12)N(Cc1ccc(Cl)c(C(F)(F)F)c1)NCc1ccc(Cl)c(C(F)(F)F)c1. The summed E-state index contributed by atoms with van der Waals surface area (Å²) < 4.78 is 79.9. The highest BCUT2D eigenvalue weighted by molar-refractivity contribution is 6.31. The Morgan fingerprint density at radius 1 is 0.842 bits per heavy atom. The lowest BCUT2D eigenvalue weighted by atomic mass is 10.1. The van der Waals surface area contributed by atoms with Crippen molar-refractivity contribution in [1.29, 1.82) is 0 Å². The van der Waals surface area contributed by atoms with Crippen molar-refractivity contribution in [3.05, 3.63) is 99.2 Å². The number of anilines is 1. The van der Waals surface area contributed by atoms with E-state index in [1.54, 1.807) is 30.5 Å². The molecule has 0 atom stereocenters. The molecule has 0 saturated carbocycles. The van der Waals surface area contributed by atoms with Gasteiger partial charge in [0, 0.05) is 23.6 Å². The smallest absolute Gasteiger partial charge is 0.361 e. The minimum absolute atomic E-state index is 0.0799. The second-order valence-electron chi connectivity index (χ2n) is 8.22. The van der Waals surface area contributed by atoms with Crippen molar-refractivity contribution >= 4 is 45.8 Å². The molecule has 0 aliphatic rings. The average molecular weight is 575 g/mol. The van der Waals surface area contributed by atoms with Crippen molar-refractivity contribution < 1.29 is 31.1 Å². The van der Waals surface area contributed by atoms with E-state index in [9.17, 15) is 31.1 Å². The topological polar surface area (TPSA) is 60.2 Å². The number of H-pyrrole nitrogens is 1. The molecular formula is C25H18Cl2F6N4O. The molecule has 3 aromatic carbocycles. The number of alkyl halides is 6. The van der Waals surface area contributed by atoms with E-state index in [1.165, 1.54) is 12.1 Å². The van der Waals surface area contributed by atoms with E-state index < -0.39 is 39.6 Å². The summed E-state index contributed by atoms with van der Waals surface area (Å²) in [5, 5.41) is 3.33. The van der Waals surface area contributed by atoms with Gasteiger partial charge in [-0.25, -0.2) is 10.2 Å². The van der Waals surface area contributed by atoms with Gasteiger partial charge in [-0.05, 0) is 53.6 Å². The van der Waals surface area contributed by atoms with Crippen LogP contribution in [-0.2, 0) is 25.4 Å². The standard InChI is InChI=1S/C25H18Cl2F6N4O/c26-19-6-4-14(10-17(19)24(28,29)30)12-35-37(13-15-5-7-20(27)18(11-15)25(31,32)33)23(38)36-22-3-1-2-21-16(22)8-9-34-21/h1-11,34-35H,12-13H2,(H,36,38). The Bertz CT molecular complexity index is 1470. The van der Waals surface area contributed by atoms with Crippen LogP contribution < -0.4 is 10.7 Å². The minimum Gasteiger partial charge on any atom is -0.361 e. The number of hydrogen-bond acceptors (Lipinski definition) is 2. The Hall–Kier alpha value is -3.41. The lowest BCUT2D eigenvalue weighted by Gasteiger charge is -2.25. The first kappa shape index (κ1) is 27.6. The number of benzene rings is 3. The first-order valence-electron chi connectivity index (χ1n) is 10.9. The minimum atomic E-state index is -4.73. The van der Waals surface area contributed by atoms with Crippen LogP contribution in [0.2, 0.25) is 10.0 Å². The molecule has 1 heterocycles. The van der Waals surface area contributed by atoms with Crippen molar-refractivity contribution in [3.8, 4) is 0 Å². The van der Waals surface area contributed by atoms with Crippen LogP contribution >= 0.6 is 23.2 Å². The number of amides is 2. The van der Waals surface area contributed by atoms with E-state index in [4.69, 9.17) is 23.2 Å². The fraction of sp³-hybridized carbons (Fsp3) is 0.160. The lowest BCUT2D eigenvalue weighted by molar-refractivity contribution is -0.138. The quantitative estimate of drug-likeness (QED) is 0.160. The third kappa shape index (κ3) is 6.35. The lowest BCUT2D eigenvalue weighted by Crippen LogP contribution is -2.44. The van der Waals surface area contributed by atoms with Crippen molar-refractivity contribution in [3.63, 3.8) is 0 Å². The number of aromatic nitrogens is 1. The maximum Gasteiger partial charge on any atom is 0.417 e. The Kier molecular flexibility index (Phi) is 7.82. The molecule has 0 fully saturated rings. The highest BCUT2D eigenvalue weighted by Crippen LogP contribution is 2.36. The molecule has 13 heteroatoms. The highest BCUT2D eigenvalue weighted by atomic mass is 35.5. The molecule has 4 aromatic rings. The van der Waals surface area contributed by atoms with Crippen LogP contribution in [0.1, 0.15) is 22.3 Å². The second kappa shape index (κ2) is 10.8. The van der Waals surface area contributed by atoms with E-state index in [-0.39, 0.29) is 24.2 Å². The summed E-state index contributed by atoms with van der Waals surface area (Å²) in [4.78, 5) is 16.2. The van der Waals surface area contributed by atoms with Gasteiger partial charge in [-0.15, -0.1) is 0 Å². The molecule has 0 spiro atoms. The number of nitrogens with zero attached hydrogens (tertiary/aromatic N) is 1. The highest BCUT2D eigenvalue weighted by Gasteiger charge is 2.34. The van der Waals surface area contributed by atoms with Crippen LogP contribution in [0.15, 0.2) is 66.9 Å². The number of urea groups is 1. The van der Waals surface area contributed by atoms with Crippen LogP contribution in [0.5, 0.6) is 0 Å². The summed E-state index contributed by atoms with van der Waals surface area (Å²) in [6.07, 6.45) is -7.76. The summed E-state index contributed by atoms with van der Waals surface area (Å²) >= 11 is 11.4. The summed E-state index contributed by atoms with van der Waals surface area (Å²) in [5.74, 6) is 0. The summed E-state index contributed by atoms with van der Waals surface area (Å²) in [6, 6.07) is 12.5. The molecule has 1 aromatic heterocycles. The molecule has 0 saturated heterocycles. The largest absolute Gasteiger partial charge is 0.417 e. The predicted molar refractivity (Wildman–Crippen MR) is 133 cm³/mol. The van der Waals surface area contributed by atoms with E-state index in [2.05, 4.69) is 15.7 Å². The molecular weight excluding hydrogens is 557 g/mol. The van der Waals surface area contributed by atoms with Crippen molar-refractivity contribution in [2.24, 2.45) is 0 Å². The molecule has 0 radical (unpaired) electrons. The number of carbonyl (C=O) groups excluding carboxylic acids is 1. The zero-order chi connectivity index (χ0) is 27.7. The van der Waals surface area contributed by atoms with E-state index >= 15 is 0 Å². The van der Waals surface area contributed by atoms with Crippen LogP contribution in [0.4, 0.5) is 36.8 Å². The molecule has 0 unspecified atom stereocenters. The van der Waals surface area contributed by atoms with Crippen molar-refractivity contribution in [2.45, 2.75) is 25.4 Å². The van der Waals surface area contributed by atoms with Gasteiger partial charge in [-0.3, -0.25) is 5.01 Å². The Labute approximate surface area is 222 Å². The third-order valence-corrected chi connectivity index (χ3v) is 6.23. The molecule has 200 valence electrons. The number of nitrogens with one attached hydrogen (secondary N) is 3. The van der Waals surface area contributed by atoms with Crippen LogP contribution in [-0.4, -0.2) is 16.0 Å². The van der Waals surface area contributed by atoms with Crippen molar-refractivity contribution in [1.82, 2.24) is 15.4 Å². The fourth-order valence-electron chi connectivity index (χ4n) is 3.73. The average Bonchev–Trinajstić information content (AvgIpc) is 3.32. The normalized spacial score (nSPS) is 12.1. The number of hydrogen-bond donors (Lipinski definition) is 3. The van der Waals surface area contributed by atoms with E-state index in [0.717, 1.165) is 34.8 Å². The summed E-state index contributed by atoms with van der Waals surface area (Å²) in [7, 11) is 0. The first-order chi connectivity index (χ1) is 17.8.